The van der Waals surface area contributed by atoms with Gasteiger partial charge in [-0.05, 0) is 17.1 Å². The van der Waals surface area contributed by atoms with E-state index in [1.54, 1.807) is 0 Å². The third kappa shape index (κ3) is 3.93. The number of para-hydroxylation sites is 1. The smallest absolute Gasteiger partial charge is 0.444 e. The van der Waals surface area contributed by atoms with Gasteiger partial charge in [0.05, 0.1) is 18.2 Å². The summed E-state index contributed by atoms with van der Waals surface area (Å²) in [7, 11) is 1.40. The molecule has 1 aromatic heterocycles. The molecule has 0 spiro atoms. The average molecular weight is 386 g/mol. The van der Waals surface area contributed by atoms with Gasteiger partial charge < -0.3 is 24.5 Å². The summed E-state index contributed by atoms with van der Waals surface area (Å²) >= 11 is 0. The molecule has 0 bridgehead atoms. The topological polar surface area (TPSA) is 99.7 Å². The SMILES string of the molecule is CN(C(=O)c1ccccc1OC(F)(F)F)[C@@H]1COc2nc([N+](=O)[O-])cn2C1. The third-order valence-electron chi connectivity index (χ3n) is 3.94. The first-order chi connectivity index (χ1) is 12.7. The van der Waals surface area contributed by atoms with Crippen molar-refractivity contribution in [2.45, 2.75) is 18.9 Å². The largest absolute Gasteiger partial charge is 0.573 e. The molecule has 1 aliphatic rings. The number of hydrogen-bond donors (Lipinski definition) is 0. The van der Waals surface area contributed by atoms with Gasteiger partial charge >= 0.3 is 18.2 Å². The number of aromatic nitrogens is 2. The molecule has 0 N–H and O–H groups in total. The van der Waals surface area contributed by atoms with Gasteiger partial charge in [-0.25, -0.2) is 0 Å². The fraction of sp³-hybridized carbons (Fsp3) is 0.333. The number of imidazole rings is 1. The molecule has 0 aliphatic carbocycles. The monoisotopic (exact) mass is 386 g/mol. The first kappa shape index (κ1) is 18.5. The van der Waals surface area contributed by atoms with Crippen LogP contribution >= 0.6 is 0 Å². The highest BCUT2D eigenvalue weighted by atomic mass is 19.4. The molecular weight excluding hydrogens is 373 g/mol. The maximum absolute atomic E-state index is 12.7. The van der Waals surface area contributed by atoms with E-state index in [0.717, 1.165) is 6.07 Å². The van der Waals surface area contributed by atoms with E-state index in [9.17, 15) is 28.1 Å². The summed E-state index contributed by atoms with van der Waals surface area (Å²) in [6.45, 7) is 0.124. The van der Waals surface area contributed by atoms with Crippen molar-refractivity contribution in [3.05, 3.63) is 46.1 Å². The Labute approximate surface area is 150 Å². The van der Waals surface area contributed by atoms with E-state index in [4.69, 9.17) is 4.74 Å². The predicted molar refractivity (Wildman–Crippen MR) is 83.4 cm³/mol. The van der Waals surface area contributed by atoms with Gasteiger partial charge in [0, 0.05) is 12.0 Å². The average Bonchev–Trinajstić information content (AvgIpc) is 3.03. The highest BCUT2D eigenvalue weighted by molar-refractivity contribution is 5.97. The molecule has 2 aromatic rings. The van der Waals surface area contributed by atoms with E-state index in [1.165, 1.54) is 40.9 Å². The number of halogens is 3. The van der Waals surface area contributed by atoms with Gasteiger partial charge in [0.15, 0.2) is 0 Å². The number of hydrogen-bond acceptors (Lipinski definition) is 6. The van der Waals surface area contributed by atoms with Crippen molar-refractivity contribution in [1.82, 2.24) is 14.5 Å². The molecule has 1 aromatic carbocycles. The number of rotatable bonds is 4. The number of nitrogens with zero attached hydrogens (tertiary/aromatic N) is 4. The fourth-order valence-electron chi connectivity index (χ4n) is 2.62. The molecule has 144 valence electrons. The summed E-state index contributed by atoms with van der Waals surface area (Å²) < 4.78 is 48.2. The first-order valence-electron chi connectivity index (χ1n) is 7.62. The van der Waals surface area contributed by atoms with Crippen molar-refractivity contribution in [3.63, 3.8) is 0 Å². The Balaban J connectivity index is 1.79. The first-order valence-corrected chi connectivity index (χ1v) is 7.62. The van der Waals surface area contributed by atoms with Crippen LogP contribution in [0.1, 0.15) is 10.4 Å². The summed E-state index contributed by atoms with van der Waals surface area (Å²) in [5.41, 5.74) is -0.264. The van der Waals surface area contributed by atoms with Crippen LogP contribution in [0.2, 0.25) is 0 Å². The summed E-state index contributed by atoms with van der Waals surface area (Å²) in [5, 5.41) is 10.8. The summed E-state index contributed by atoms with van der Waals surface area (Å²) in [4.78, 5) is 27.7. The quantitative estimate of drug-likeness (QED) is 0.590. The molecule has 0 saturated carbocycles. The molecule has 3 rings (SSSR count). The van der Waals surface area contributed by atoms with Gasteiger partial charge in [-0.15, -0.1) is 13.2 Å². The number of alkyl halides is 3. The van der Waals surface area contributed by atoms with Crippen LogP contribution in [0.5, 0.6) is 11.8 Å². The molecular formula is C15H13F3N4O5. The molecule has 1 atom stereocenters. The Morgan fingerprint density at radius 2 is 2.15 bits per heavy atom. The molecule has 0 unspecified atom stereocenters. The molecule has 0 saturated heterocycles. The third-order valence-corrected chi connectivity index (χ3v) is 3.94. The number of carbonyl (C=O) groups is 1. The Morgan fingerprint density at radius 1 is 1.44 bits per heavy atom. The summed E-state index contributed by atoms with van der Waals surface area (Å²) in [5.74, 6) is -1.72. The second-order valence-corrected chi connectivity index (χ2v) is 5.72. The van der Waals surface area contributed by atoms with E-state index in [0.29, 0.717) is 0 Å². The second-order valence-electron chi connectivity index (χ2n) is 5.72. The number of carbonyl (C=O) groups excluding carboxylic acids is 1. The van der Waals surface area contributed by atoms with E-state index >= 15 is 0 Å². The molecule has 1 aliphatic heterocycles. The number of benzene rings is 1. The standard InChI is InChI=1S/C15H13F3N4O5/c1-20(9-6-21-7-12(22(24)25)19-14(21)26-8-9)13(23)10-4-2-3-5-11(10)27-15(16,17)18/h2-5,7,9H,6,8H2,1H3/t9-/m0/s1. The Hall–Kier alpha value is -3.31. The maximum Gasteiger partial charge on any atom is 0.573 e. The van der Waals surface area contributed by atoms with Gasteiger partial charge in [0.1, 0.15) is 18.6 Å². The highest BCUT2D eigenvalue weighted by Crippen LogP contribution is 2.28. The molecule has 9 nitrogen and oxygen atoms in total. The van der Waals surface area contributed by atoms with Crippen LogP contribution in [0, 0.1) is 10.1 Å². The van der Waals surface area contributed by atoms with Crippen LogP contribution in [-0.2, 0) is 6.54 Å². The van der Waals surface area contributed by atoms with Crippen LogP contribution < -0.4 is 9.47 Å². The van der Waals surface area contributed by atoms with Gasteiger partial charge in [0.2, 0.25) is 0 Å². The molecule has 12 heteroatoms. The number of ether oxygens (including phenoxy) is 2. The highest BCUT2D eigenvalue weighted by Gasteiger charge is 2.35. The zero-order valence-electron chi connectivity index (χ0n) is 13.8. The number of nitro groups is 1. The van der Waals surface area contributed by atoms with Gasteiger partial charge in [-0.2, -0.15) is 0 Å². The molecule has 2 heterocycles. The number of amides is 1. The van der Waals surface area contributed by atoms with Crippen LogP contribution in [0.4, 0.5) is 19.0 Å². The normalized spacial score (nSPS) is 16.2. The Bertz CT molecular complexity index is 883. The van der Waals surface area contributed by atoms with Crippen LogP contribution in [0.3, 0.4) is 0 Å². The van der Waals surface area contributed by atoms with E-state index in [1.807, 2.05) is 0 Å². The maximum atomic E-state index is 12.7. The molecule has 27 heavy (non-hydrogen) atoms. The van der Waals surface area contributed by atoms with E-state index in [2.05, 4.69) is 9.72 Å². The minimum Gasteiger partial charge on any atom is -0.444 e. The summed E-state index contributed by atoms with van der Waals surface area (Å²) in [6, 6.07) is 4.47. The zero-order chi connectivity index (χ0) is 19.8. The van der Waals surface area contributed by atoms with Crippen LogP contribution in [0.15, 0.2) is 30.5 Å². The lowest BCUT2D eigenvalue weighted by molar-refractivity contribution is -0.389. The number of fused-ring (bicyclic) bond motifs is 1. The van der Waals surface area contributed by atoms with Crippen molar-refractivity contribution in [1.29, 1.82) is 0 Å². The van der Waals surface area contributed by atoms with E-state index in [-0.39, 0.29) is 24.7 Å². The Morgan fingerprint density at radius 3 is 2.81 bits per heavy atom. The second kappa shape index (κ2) is 6.78. The van der Waals surface area contributed by atoms with Crippen LogP contribution in [-0.4, -0.2) is 51.3 Å². The lowest BCUT2D eigenvalue weighted by Crippen LogP contribution is -2.46. The minimum absolute atomic E-state index is 0.0152. The van der Waals surface area contributed by atoms with Gasteiger partial charge in [-0.3, -0.25) is 9.36 Å². The molecule has 0 radical (unpaired) electrons. The zero-order valence-corrected chi connectivity index (χ0v) is 13.8. The van der Waals surface area contributed by atoms with Gasteiger partial charge in [0.25, 0.3) is 5.91 Å². The number of likely N-dealkylation sites (N-methyl/N-ethyl adjacent to an activating group) is 1. The van der Waals surface area contributed by atoms with Crippen LogP contribution in [0.25, 0.3) is 0 Å². The summed E-state index contributed by atoms with van der Waals surface area (Å²) in [6.07, 6.45) is -3.77. The molecule has 1 amide bonds. The van der Waals surface area contributed by atoms with Crippen molar-refractivity contribution in [2.75, 3.05) is 13.7 Å². The predicted octanol–water partition coefficient (Wildman–Crippen LogP) is 2.22. The lowest BCUT2D eigenvalue weighted by Gasteiger charge is -2.31. The van der Waals surface area contributed by atoms with Crippen molar-refractivity contribution < 1.29 is 32.4 Å². The van der Waals surface area contributed by atoms with Gasteiger partial charge in [-0.1, -0.05) is 12.1 Å². The van der Waals surface area contributed by atoms with Crippen molar-refractivity contribution >= 4 is 11.7 Å². The van der Waals surface area contributed by atoms with Crippen molar-refractivity contribution in [2.24, 2.45) is 0 Å². The fourth-order valence-corrected chi connectivity index (χ4v) is 2.62. The van der Waals surface area contributed by atoms with E-state index < -0.39 is 34.8 Å². The van der Waals surface area contributed by atoms with Crippen molar-refractivity contribution in [3.8, 4) is 11.8 Å². The Kier molecular flexibility index (Phi) is 4.64. The molecule has 0 fully saturated rings. The lowest BCUT2D eigenvalue weighted by atomic mass is 10.1. The minimum atomic E-state index is -4.94.